The third kappa shape index (κ3) is 4.10. The molecule has 1 aromatic heterocycles. The van der Waals surface area contributed by atoms with Crippen molar-refractivity contribution >= 4 is 40.2 Å². The predicted molar refractivity (Wildman–Crippen MR) is 174 cm³/mol. The average molecular weight is 529 g/mol. The van der Waals surface area contributed by atoms with Crippen LogP contribution in [0.3, 0.4) is 0 Å². The van der Waals surface area contributed by atoms with E-state index in [4.69, 9.17) is 5.10 Å². The van der Waals surface area contributed by atoms with Crippen molar-refractivity contribution in [2.45, 2.75) is 27.7 Å². The summed E-state index contributed by atoms with van der Waals surface area (Å²) in [6.45, 7) is 9.04. The zero-order valence-corrected chi connectivity index (χ0v) is 24.0. The van der Waals surface area contributed by atoms with Crippen LogP contribution in [0.4, 0.5) is 17.1 Å². The Morgan fingerprint density at radius 3 is 1.93 bits per heavy atom. The summed E-state index contributed by atoms with van der Waals surface area (Å²) in [7, 11) is 0. The van der Waals surface area contributed by atoms with Crippen LogP contribution in [-0.4, -0.2) is 16.5 Å². The maximum Gasteiger partial charge on any atom is 0.247 e. The fourth-order valence-corrected chi connectivity index (χ4v) is 6.67. The van der Waals surface area contributed by atoms with Crippen molar-refractivity contribution in [3.05, 3.63) is 144 Å². The minimum Gasteiger partial charge on any atom is -0.311 e. The fourth-order valence-electron chi connectivity index (χ4n) is 6.67. The van der Waals surface area contributed by atoms with Crippen molar-refractivity contribution in [3.63, 3.8) is 0 Å². The Bertz CT molecular complexity index is 1860. The van der Waals surface area contributed by atoms with Crippen LogP contribution in [-0.2, 0) is 0 Å². The van der Waals surface area contributed by atoms with Gasteiger partial charge in [-0.1, -0.05) is 102 Å². The van der Waals surface area contributed by atoms with E-state index in [9.17, 15) is 0 Å². The first-order valence-electron chi connectivity index (χ1n) is 14.3. The summed E-state index contributed by atoms with van der Waals surface area (Å²) < 4.78 is 2.04. The van der Waals surface area contributed by atoms with Crippen LogP contribution in [0.25, 0.3) is 16.9 Å². The molecule has 0 bridgehead atoms. The molecule has 0 amide bonds. The molecule has 0 saturated carbocycles. The number of fused-ring (bicyclic) bond motifs is 2. The Morgan fingerprint density at radius 2 is 1.20 bits per heavy atom. The minimum absolute atomic E-state index is 0.107. The van der Waals surface area contributed by atoms with E-state index >= 15 is 0 Å². The molecule has 3 nitrogen and oxygen atoms in total. The van der Waals surface area contributed by atoms with E-state index in [0.717, 1.165) is 16.9 Å². The Hall–Kier alpha value is -4.83. The first-order valence-corrected chi connectivity index (χ1v) is 14.3. The predicted octanol–water partition coefficient (Wildman–Crippen LogP) is 7.07. The number of para-hydroxylation sites is 3. The molecule has 1 aliphatic heterocycles. The van der Waals surface area contributed by atoms with Crippen LogP contribution in [0.5, 0.6) is 0 Å². The highest BCUT2D eigenvalue weighted by atomic mass is 15.3. The number of aromatic nitrogens is 2. The lowest BCUT2D eigenvalue weighted by Crippen LogP contribution is -2.58. The van der Waals surface area contributed by atoms with Crippen molar-refractivity contribution < 1.29 is 0 Å². The summed E-state index contributed by atoms with van der Waals surface area (Å²) in [6, 6.07) is 41.6. The largest absolute Gasteiger partial charge is 0.311 e. The van der Waals surface area contributed by atoms with Gasteiger partial charge in [0.15, 0.2) is 0 Å². The molecule has 0 unspecified atom stereocenters. The zero-order chi connectivity index (χ0) is 28.1. The van der Waals surface area contributed by atoms with E-state index in [1.807, 2.05) is 16.9 Å². The monoisotopic (exact) mass is 529 g/mol. The van der Waals surface area contributed by atoms with Gasteiger partial charge in [-0.25, -0.2) is 4.68 Å². The molecule has 0 saturated heterocycles. The zero-order valence-electron chi connectivity index (χ0n) is 24.0. The Morgan fingerprint density at radius 1 is 0.561 bits per heavy atom. The lowest BCUT2D eigenvalue weighted by atomic mass is 9.33. The first-order chi connectivity index (χ1) is 20.0. The first kappa shape index (κ1) is 25.2. The minimum atomic E-state index is 0.107. The van der Waals surface area contributed by atoms with E-state index in [2.05, 4.69) is 142 Å². The van der Waals surface area contributed by atoms with Crippen molar-refractivity contribution in [1.29, 1.82) is 0 Å². The Balaban J connectivity index is 1.53. The molecule has 0 spiro atoms. The summed E-state index contributed by atoms with van der Waals surface area (Å²) in [5.41, 5.74) is 16.2. The molecule has 0 atom stereocenters. The number of rotatable bonds is 4. The second kappa shape index (κ2) is 9.98. The molecule has 198 valence electrons. The normalized spacial score (nSPS) is 12.3. The summed E-state index contributed by atoms with van der Waals surface area (Å²) in [6.07, 6.45) is 1.89. The van der Waals surface area contributed by atoms with Gasteiger partial charge in [-0.05, 0) is 85.6 Å². The Labute approximate surface area is 242 Å². The second-order valence-electron chi connectivity index (χ2n) is 11.1. The van der Waals surface area contributed by atoms with E-state index in [1.165, 1.54) is 55.7 Å². The summed E-state index contributed by atoms with van der Waals surface area (Å²) in [4.78, 5) is 2.48. The SMILES string of the molecule is Cc1cccc(C)c1B1c2ccccc2N(c2c(C)cccc2C)c2ccc(-c3ccnn3-c3ccccc3)cc21. The topological polar surface area (TPSA) is 21.1 Å². The van der Waals surface area contributed by atoms with Gasteiger partial charge < -0.3 is 4.90 Å². The highest BCUT2D eigenvalue weighted by Gasteiger charge is 2.37. The number of hydrogen-bond donors (Lipinski definition) is 0. The number of nitrogens with zero attached hydrogens (tertiary/aromatic N) is 3. The van der Waals surface area contributed by atoms with Gasteiger partial charge in [-0.15, -0.1) is 0 Å². The highest BCUT2D eigenvalue weighted by Crippen LogP contribution is 2.40. The van der Waals surface area contributed by atoms with E-state index in [-0.39, 0.29) is 6.71 Å². The molecule has 2 heterocycles. The number of aryl methyl sites for hydroxylation is 4. The van der Waals surface area contributed by atoms with Crippen molar-refractivity contribution in [3.8, 4) is 16.9 Å². The molecule has 1 aliphatic rings. The van der Waals surface area contributed by atoms with Crippen LogP contribution in [0.1, 0.15) is 22.3 Å². The molecule has 41 heavy (non-hydrogen) atoms. The standard InChI is InChI=1S/C37H32BN3/c1-25-12-10-13-26(2)36(25)38-31-18-8-9-19-34(31)40(37-27(3)14-11-15-28(37)4)35-21-20-29(24-32(35)38)33-22-23-39-41(33)30-16-6-5-7-17-30/h5-24H,1-4H3. The average Bonchev–Trinajstić information content (AvgIpc) is 3.48. The number of anilines is 3. The molecular formula is C37H32BN3. The van der Waals surface area contributed by atoms with Gasteiger partial charge in [-0.3, -0.25) is 0 Å². The van der Waals surface area contributed by atoms with Crippen LogP contribution >= 0.6 is 0 Å². The lowest BCUT2D eigenvalue weighted by molar-refractivity contribution is 0.888. The maximum absolute atomic E-state index is 4.71. The van der Waals surface area contributed by atoms with Gasteiger partial charge in [0.2, 0.25) is 6.71 Å². The molecule has 6 aromatic rings. The molecule has 0 N–H and O–H groups in total. The summed E-state index contributed by atoms with van der Waals surface area (Å²) >= 11 is 0. The second-order valence-corrected chi connectivity index (χ2v) is 11.1. The number of benzene rings is 5. The van der Waals surface area contributed by atoms with Gasteiger partial charge in [0.1, 0.15) is 0 Å². The van der Waals surface area contributed by atoms with Gasteiger partial charge in [0.25, 0.3) is 0 Å². The van der Waals surface area contributed by atoms with E-state index in [1.54, 1.807) is 0 Å². The highest BCUT2D eigenvalue weighted by molar-refractivity contribution is 6.98. The van der Waals surface area contributed by atoms with Crippen LogP contribution in [0, 0.1) is 27.7 Å². The fraction of sp³-hybridized carbons (Fsp3) is 0.108. The molecule has 0 fully saturated rings. The van der Waals surface area contributed by atoms with Crippen LogP contribution in [0.15, 0.2) is 121 Å². The van der Waals surface area contributed by atoms with Gasteiger partial charge in [-0.2, -0.15) is 5.10 Å². The lowest BCUT2D eigenvalue weighted by Gasteiger charge is -2.39. The summed E-state index contributed by atoms with van der Waals surface area (Å²) in [5.74, 6) is 0. The van der Waals surface area contributed by atoms with Crippen molar-refractivity contribution in [1.82, 2.24) is 9.78 Å². The van der Waals surface area contributed by atoms with Gasteiger partial charge in [0.05, 0.1) is 23.3 Å². The van der Waals surface area contributed by atoms with Crippen LogP contribution in [0.2, 0.25) is 0 Å². The molecule has 7 rings (SSSR count). The molecule has 5 aromatic carbocycles. The van der Waals surface area contributed by atoms with Crippen molar-refractivity contribution in [2.75, 3.05) is 4.90 Å². The third-order valence-electron chi connectivity index (χ3n) is 8.50. The molecular weight excluding hydrogens is 497 g/mol. The van der Waals surface area contributed by atoms with Crippen LogP contribution < -0.4 is 21.3 Å². The third-order valence-corrected chi connectivity index (χ3v) is 8.50. The molecule has 4 heteroatoms. The van der Waals surface area contributed by atoms with E-state index in [0.29, 0.717) is 0 Å². The number of hydrogen-bond acceptors (Lipinski definition) is 2. The maximum atomic E-state index is 4.71. The van der Waals surface area contributed by atoms with Gasteiger partial charge in [0, 0.05) is 11.4 Å². The quantitative estimate of drug-likeness (QED) is 0.228. The Kier molecular flexibility index (Phi) is 6.12. The van der Waals surface area contributed by atoms with Gasteiger partial charge >= 0.3 is 0 Å². The van der Waals surface area contributed by atoms with E-state index < -0.39 is 0 Å². The smallest absolute Gasteiger partial charge is 0.247 e. The van der Waals surface area contributed by atoms with Crippen molar-refractivity contribution in [2.24, 2.45) is 0 Å². The molecule has 0 aliphatic carbocycles. The molecule has 0 radical (unpaired) electrons. The summed E-state index contributed by atoms with van der Waals surface area (Å²) in [5, 5.41) is 4.71.